The molecule has 0 saturated heterocycles. The van der Waals surface area contributed by atoms with Gasteiger partial charge in [0.1, 0.15) is 5.69 Å². The van der Waals surface area contributed by atoms with Crippen molar-refractivity contribution in [3.63, 3.8) is 0 Å². The van der Waals surface area contributed by atoms with Crippen LogP contribution in [0.3, 0.4) is 0 Å². The molecule has 4 aromatic rings. The summed E-state index contributed by atoms with van der Waals surface area (Å²) in [5.41, 5.74) is 4.94. The van der Waals surface area contributed by atoms with Crippen molar-refractivity contribution in [2.45, 2.75) is 13.0 Å². The van der Waals surface area contributed by atoms with Gasteiger partial charge in [0.15, 0.2) is 5.76 Å². The second kappa shape index (κ2) is 8.35. The van der Waals surface area contributed by atoms with E-state index in [1.807, 2.05) is 78.9 Å². The molecule has 1 amide bonds. The van der Waals surface area contributed by atoms with Crippen LogP contribution in [0.25, 0.3) is 22.5 Å². The zero-order valence-corrected chi connectivity index (χ0v) is 15.3. The van der Waals surface area contributed by atoms with E-state index >= 15 is 0 Å². The molecule has 0 atom stereocenters. The Bertz CT molecular complexity index is 1040. The van der Waals surface area contributed by atoms with Crippen LogP contribution in [0.1, 0.15) is 11.3 Å². The Morgan fingerprint density at radius 3 is 2.07 bits per heavy atom. The van der Waals surface area contributed by atoms with Crippen molar-refractivity contribution in [1.29, 1.82) is 0 Å². The quantitative estimate of drug-likeness (QED) is 0.528. The number of aromatic nitrogens is 1. The molecule has 0 aliphatic carbocycles. The van der Waals surface area contributed by atoms with Gasteiger partial charge in [-0.1, -0.05) is 90.1 Å². The lowest BCUT2D eigenvalue weighted by Crippen LogP contribution is -2.24. The second-order valence-corrected chi connectivity index (χ2v) is 6.56. The predicted octanol–water partition coefficient (Wildman–Crippen LogP) is 4.87. The fraction of sp³-hybridized carbons (Fsp3) is 0.0833. The molecule has 0 radical (unpaired) electrons. The van der Waals surface area contributed by atoms with Crippen molar-refractivity contribution in [2.24, 2.45) is 0 Å². The summed E-state index contributed by atoms with van der Waals surface area (Å²) in [6, 6.07) is 29.9. The number of hydrogen-bond acceptors (Lipinski definition) is 3. The van der Waals surface area contributed by atoms with Crippen LogP contribution in [0.15, 0.2) is 95.5 Å². The van der Waals surface area contributed by atoms with E-state index in [1.165, 1.54) is 5.56 Å². The Hall–Kier alpha value is -3.66. The number of rotatable bonds is 6. The van der Waals surface area contributed by atoms with Crippen molar-refractivity contribution >= 4 is 5.91 Å². The van der Waals surface area contributed by atoms with Crippen molar-refractivity contribution < 1.29 is 9.32 Å². The van der Waals surface area contributed by atoms with Crippen molar-refractivity contribution in [1.82, 2.24) is 10.5 Å². The van der Waals surface area contributed by atoms with E-state index in [-0.39, 0.29) is 5.91 Å². The topological polar surface area (TPSA) is 55.1 Å². The lowest BCUT2D eigenvalue weighted by molar-refractivity contribution is -0.120. The van der Waals surface area contributed by atoms with E-state index in [9.17, 15) is 4.79 Å². The van der Waals surface area contributed by atoms with E-state index in [0.29, 0.717) is 24.4 Å². The van der Waals surface area contributed by atoms with Gasteiger partial charge in [0, 0.05) is 11.6 Å². The second-order valence-electron chi connectivity index (χ2n) is 6.56. The largest absolute Gasteiger partial charge is 0.356 e. The first-order valence-corrected chi connectivity index (χ1v) is 9.20. The summed E-state index contributed by atoms with van der Waals surface area (Å²) in [4.78, 5) is 12.2. The summed E-state index contributed by atoms with van der Waals surface area (Å²) >= 11 is 0. The molecule has 0 bridgehead atoms. The highest BCUT2D eigenvalue weighted by Crippen LogP contribution is 2.20. The zero-order chi connectivity index (χ0) is 19.2. The molecule has 4 rings (SSSR count). The zero-order valence-electron chi connectivity index (χ0n) is 15.3. The molecule has 0 saturated carbocycles. The molecule has 0 unspecified atom stereocenters. The van der Waals surface area contributed by atoms with Crippen LogP contribution in [0.4, 0.5) is 0 Å². The van der Waals surface area contributed by atoms with E-state index in [4.69, 9.17) is 4.52 Å². The molecular formula is C24H20N2O2. The maximum Gasteiger partial charge on any atom is 0.224 e. The average Bonchev–Trinajstić information content (AvgIpc) is 3.23. The third kappa shape index (κ3) is 4.35. The van der Waals surface area contributed by atoms with Crippen LogP contribution >= 0.6 is 0 Å². The number of hydrogen-bond donors (Lipinski definition) is 1. The molecule has 0 fully saturated rings. The van der Waals surface area contributed by atoms with Crippen molar-refractivity contribution in [3.8, 4) is 22.5 Å². The summed E-state index contributed by atoms with van der Waals surface area (Å²) in [5, 5.41) is 6.92. The number of nitrogens with one attached hydrogen (secondary N) is 1. The number of benzene rings is 3. The minimum absolute atomic E-state index is 0.0447. The molecule has 1 N–H and O–H groups in total. The third-order valence-corrected chi connectivity index (χ3v) is 4.51. The van der Waals surface area contributed by atoms with Gasteiger partial charge in [0.05, 0.1) is 13.0 Å². The van der Waals surface area contributed by atoms with E-state index in [2.05, 4.69) is 22.6 Å². The normalized spacial score (nSPS) is 10.6. The van der Waals surface area contributed by atoms with Gasteiger partial charge in [0.2, 0.25) is 5.91 Å². The predicted molar refractivity (Wildman–Crippen MR) is 109 cm³/mol. The van der Waals surface area contributed by atoms with Gasteiger partial charge in [-0.25, -0.2) is 0 Å². The molecule has 1 heterocycles. The van der Waals surface area contributed by atoms with Crippen LogP contribution in [-0.2, 0) is 17.8 Å². The summed E-state index contributed by atoms with van der Waals surface area (Å²) in [7, 11) is 0. The number of nitrogens with zero attached hydrogens (tertiary/aromatic N) is 1. The SMILES string of the molecule is O=C(Cc1ccc(-c2ccccc2)cc1)NCc1cc(-c2ccccc2)on1. The Morgan fingerprint density at radius 1 is 0.786 bits per heavy atom. The number of carbonyl (C=O) groups excluding carboxylic acids is 1. The van der Waals surface area contributed by atoms with Crippen molar-refractivity contribution in [3.05, 3.63) is 102 Å². The Kier molecular flexibility index (Phi) is 5.29. The first-order chi connectivity index (χ1) is 13.8. The van der Waals surface area contributed by atoms with Crippen LogP contribution in [-0.4, -0.2) is 11.1 Å². The van der Waals surface area contributed by atoms with Crippen LogP contribution in [0, 0.1) is 0 Å². The van der Waals surface area contributed by atoms with Gasteiger partial charge < -0.3 is 9.84 Å². The smallest absolute Gasteiger partial charge is 0.224 e. The Morgan fingerprint density at radius 2 is 1.39 bits per heavy atom. The Labute approximate surface area is 163 Å². The average molecular weight is 368 g/mol. The first kappa shape index (κ1) is 17.7. The molecule has 138 valence electrons. The van der Waals surface area contributed by atoms with Crippen molar-refractivity contribution in [2.75, 3.05) is 0 Å². The molecule has 0 aliphatic heterocycles. The first-order valence-electron chi connectivity index (χ1n) is 9.20. The number of carbonyl (C=O) groups is 1. The van der Waals surface area contributed by atoms with E-state index in [1.54, 1.807) is 0 Å². The lowest BCUT2D eigenvalue weighted by Gasteiger charge is -2.05. The molecule has 4 nitrogen and oxygen atoms in total. The monoisotopic (exact) mass is 368 g/mol. The highest BCUT2D eigenvalue weighted by Gasteiger charge is 2.09. The molecule has 0 aliphatic rings. The molecule has 4 heteroatoms. The van der Waals surface area contributed by atoms with Gasteiger partial charge in [-0.15, -0.1) is 0 Å². The van der Waals surface area contributed by atoms with E-state index in [0.717, 1.165) is 16.7 Å². The summed E-state index contributed by atoms with van der Waals surface area (Å²) in [6.07, 6.45) is 0.332. The summed E-state index contributed by atoms with van der Waals surface area (Å²) < 4.78 is 5.36. The fourth-order valence-electron chi connectivity index (χ4n) is 3.02. The number of amides is 1. The third-order valence-electron chi connectivity index (χ3n) is 4.51. The maximum atomic E-state index is 12.2. The van der Waals surface area contributed by atoms with Gasteiger partial charge in [-0.3, -0.25) is 4.79 Å². The highest BCUT2D eigenvalue weighted by molar-refractivity contribution is 5.78. The Balaban J connectivity index is 1.32. The fourth-order valence-corrected chi connectivity index (χ4v) is 3.02. The van der Waals surface area contributed by atoms with E-state index < -0.39 is 0 Å². The maximum absolute atomic E-state index is 12.2. The minimum Gasteiger partial charge on any atom is -0.356 e. The minimum atomic E-state index is -0.0447. The van der Waals surface area contributed by atoms with Crippen LogP contribution in [0.5, 0.6) is 0 Å². The van der Waals surface area contributed by atoms with Gasteiger partial charge in [-0.2, -0.15) is 0 Å². The van der Waals surface area contributed by atoms with Gasteiger partial charge in [0.25, 0.3) is 0 Å². The molecular weight excluding hydrogens is 348 g/mol. The van der Waals surface area contributed by atoms with Gasteiger partial charge in [-0.05, 0) is 16.7 Å². The lowest BCUT2D eigenvalue weighted by atomic mass is 10.0. The summed E-state index contributed by atoms with van der Waals surface area (Å²) in [5.74, 6) is 0.651. The summed E-state index contributed by atoms with van der Waals surface area (Å²) in [6.45, 7) is 0.345. The van der Waals surface area contributed by atoms with Crippen LogP contribution < -0.4 is 5.32 Å². The molecule has 3 aromatic carbocycles. The van der Waals surface area contributed by atoms with Gasteiger partial charge >= 0.3 is 0 Å². The standard InChI is InChI=1S/C24H20N2O2/c27-24(15-18-11-13-20(14-12-18)19-7-3-1-4-8-19)25-17-22-16-23(28-26-22)21-9-5-2-6-10-21/h1-14,16H,15,17H2,(H,25,27). The molecule has 0 spiro atoms. The molecule has 28 heavy (non-hydrogen) atoms. The molecule has 1 aromatic heterocycles. The highest BCUT2D eigenvalue weighted by atomic mass is 16.5. The van der Waals surface area contributed by atoms with Crippen LogP contribution in [0.2, 0.25) is 0 Å².